The summed E-state index contributed by atoms with van der Waals surface area (Å²) < 4.78 is 22.5. The Balaban J connectivity index is 0.000000253. The van der Waals surface area contributed by atoms with Gasteiger partial charge in [0.25, 0.3) is 0 Å². The standard InChI is InChI=1S/2C15H32.C12H10O4S2/c2*1-3-5-7-9-11-13-15-14-12-10-8-6-4-2;1-3-15-9-7(13-1)5-17-11(9)12-10-8(6-18-12)14-2-4-16-10/h2*3-15H2,1-2H3;5-6H,1-4H2. The molecule has 0 aliphatic carbocycles. The Morgan fingerprint density at radius 2 is 0.583 bits per heavy atom. The molecule has 0 fully saturated rings. The Kier molecular flexibility index (Phi) is 27.1. The highest BCUT2D eigenvalue weighted by atomic mass is 32.1. The third-order valence-electron chi connectivity index (χ3n) is 9.22. The first-order valence-electron chi connectivity index (χ1n) is 20.5. The van der Waals surface area contributed by atoms with E-state index in [0.29, 0.717) is 26.4 Å². The van der Waals surface area contributed by atoms with Gasteiger partial charge in [0.1, 0.15) is 26.4 Å². The van der Waals surface area contributed by atoms with Gasteiger partial charge in [0.2, 0.25) is 0 Å². The second-order valence-electron chi connectivity index (χ2n) is 13.7. The van der Waals surface area contributed by atoms with Gasteiger partial charge in [-0.15, -0.1) is 22.7 Å². The van der Waals surface area contributed by atoms with Gasteiger partial charge in [-0.3, -0.25) is 0 Å². The molecule has 0 saturated heterocycles. The van der Waals surface area contributed by atoms with Crippen molar-refractivity contribution in [2.45, 2.75) is 195 Å². The third-order valence-corrected chi connectivity index (χ3v) is 11.3. The van der Waals surface area contributed by atoms with Crippen LogP contribution in [0.4, 0.5) is 0 Å². The van der Waals surface area contributed by atoms with Gasteiger partial charge in [0, 0.05) is 10.8 Å². The minimum absolute atomic E-state index is 0.599. The zero-order valence-electron chi connectivity index (χ0n) is 31.8. The molecule has 48 heavy (non-hydrogen) atoms. The molecule has 0 amide bonds. The van der Waals surface area contributed by atoms with E-state index in [1.165, 1.54) is 167 Å². The highest BCUT2D eigenvalue weighted by Crippen LogP contribution is 2.53. The van der Waals surface area contributed by atoms with Crippen molar-refractivity contribution in [3.8, 4) is 32.8 Å². The molecule has 4 heterocycles. The van der Waals surface area contributed by atoms with Crippen LogP contribution in [0.1, 0.15) is 195 Å². The van der Waals surface area contributed by atoms with Crippen LogP contribution >= 0.6 is 22.7 Å². The second-order valence-corrected chi connectivity index (χ2v) is 15.4. The van der Waals surface area contributed by atoms with Gasteiger partial charge in [-0.2, -0.15) is 0 Å². The fraction of sp³-hybridized carbons (Fsp3) is 0.810. The monoisotopic (exact) mass is 707 g/mol. The first-order chi connectivity index (χ1) is 23.8. The Hall–Kier alpha value is -1.40. The van der Waals surface area contributed by atoms with Gasteiger partial charge in [0.15, 0.2) is 23.0 Å². The van der Waals surface area contributed by atoms with Crippen molar-refractivity contribution in [1.29, 1.82) is 0 Å². The van der Waals surface area contributed by atoms with E-state index in [9.17, 15) is 0 Å². The average molecular weight is 707 g/mol. The molecule has 0 aromatic carbocycles. The fourth-order valence-electron chi connectivity index (χ4n) is 6.22. The van der Waals surface area contributed by atoms with Crippen LogP contribution in [0.3, 0.4) is 0 Å². The molecule has 2 aliphatic rings. The van der Waals surface area contributed by atoms with E-state index < -0.39 is 0 Å². The van der Waals surface area contributed by atoms with Crippen LogP contribution in [0.5, 0.6) is 23.0 Å². The Morgan fingerprint density at radius 3 is 0.833 bits per heavy atom. The summed E-state index contributed by atoms with van der Waals surface area (Å²) in [5, 5.41) is 3.97. The van der Waals surface area contributed by atoms with Crippen LogP contribution in [0.25, 0.3) is 9.75 Å². The van der Waals surface area contributed by atoms with E-state index in [1.54, 1.807) is 22.7 Å². The molecule has 0 N–H and O–H groups in total. The largest absolute Gasteiger partial charge is 0.485 e. The lowest BCUT2D eigenvalue weighted by Gasteiger charge is -2.18. The summed E-state index contributed by atoms with van der Waals surface area (Å²) in [5.41, 5.74) is 0. The van der Waals surface area contributed by atoms with E-state index in [2.05, 4.69) is 27.7 Å². The molecule has 0 unspecified atom stereocenters. The van der Waals surface area contributed by atoms with Crippen molar-refractivity contribution in [2.75, 3.05) is 26.4 Å². The molecule has 0 radical (unpaired) electrons. The van der Waals surface area contributed by atoms with E-state index in [1.807, 2.05) is 10.8 Å². The summed E-state index contributed by atoms with van der Waals surface area (Å²) in [5.74, 6) is 3.34. The van der Waals surface area contributed by atoms with Crippen molar-refractivity contribution >= 4 is 22.7 Å². The van der Waals surface area contributed by atoms with E-state index in [0.717, 1.165) is 32.8 Å². The Bertz CT molecular complexity index is 882. The van der Waals surface area contributed by atoms with Crippen molar-refractivity contribution in [3.63, 3.8) is 0 Å². The van der Waals surface area contributed by atoms with Crippen molar-refractivity contribution in [1.82, 2.24) is 0 Å². The quantitative estimate of drug-likeness (QED) is 0.0963. The van der Waals surface area contributed by atoms with Gasteiger partial charge in [-0.1, -0.05) is 195 Å². The molecular formula is C42H74O4S2. The number of ether oxygens (including phenoxy) is 4. The molecule has 2 aromatic rings. The van der Waals surface area contributed by atoms with Gasteiger partial charge in [-0.25, -0.2) is 0 Å². The predicted octanol–water partition coefficient (Wildman–Crippen LogP) is 15.2. The first-order valence-corrected chi connectivity index (χ1v) is 22.3. The molecule has 4 nitrogen and oxygen atoms in total. The molecule has 2 aliphatic heterocycles. The van der Waals surface area contributed by atoms with E-state index >= 15 is 0 Å². The van der Waals surface area contributed by atoms with Crippen LogP contribution in [-0.2, 0) is 0 Å². The third kappa shape index (κ3) is 19.1. The summed E-state index contributed by atoms with van der Waals surface area (Å²) in [6.07, 6.45) is 37.8. The molecule has 278 valence electrons. The van der Waals surface area contributed by atoms with Gasteiger partial charge in [0.05, 0.1) is 9.75 Å². The SMILES string of the molecule is CCCCCCCCCCCCCCC.CCCCCCCCCCCCCCC.c1sc(-c2scc3c2OCCO3)c2c1OCCO2. The minimum Gasteiger partial charge on any atom is -0.485 e. The van der Waals surface area contributed by atoms with Gasteiger partial charge in [-0.05, 0) is 0 Å². The number of hydrogen-bond donors (Lipinski definition) is 0. The molecule has 0 saturated carbocycles. The maximum atomic E-state index is 5.71. The normalized spacial score (nSPS) is 13.0. The summed E-state index contributed by atoms with van der Waals surface area (Å²) >= 11 is 3.24. The van der Waals surface area contributed by atoms with Crippen LogP contribution in [0.2, 0.25) is 0 Å². The Labute approximate surface area is 305 Å². The van der Waals surface area contributed by atoms with Crippen molar-refractivity contribution < 1.29 is 18.9 Å². The van der Waals surface area contributed by atoms with Gasteiger partial charge < -0.3 is 18.9 Å². The number of thiophene rings is 2. The average Bonchev–Trinajstić information content (AvgIpc) is 3.74. The highest BCUT2D eigenvalue weighted by Gasteiger charge is 2.26. The van der Waals surface area contributed by atoms with Crippen LogP contribution in [0.15, 0.2) is 10.8 Å². The van der Waals surface area contributed by atoms with Crippen molar-refractivity contribution in [3.05, 3.63) is 10.8 Å². The minimum atomic E-state index is 0.599. The lowest BCUT2D eigenvalue weighted by Crippen LogP contribution is -2.15. The molecule has 6 heteroatoms. The smallest absolute Gasteiger partial charge is 0.180 e. The molecule has 4 rings (SSSR count). The molecule has 2 aromatic heterocycles. The van der Waals surface area contributed by atoms with Gasteiger partial charge >= 0.3 is 0 Å². The maximum absolute atomic E-state index is 5.71. The number of hydrogen-bond acceptors (Lipinski definition) is 6. The summed E-state index contributed by atoms with van der Waals surface area (Å²) in [6.45, 7) is 11.6. The summed E-state index contributed by atoms with van der Waals surface area (Å²) in [4.78, 5) is 2.14. The number of fused-ring (bicyclic) bond motifs is 2. The summed E-state index contributed by atoms with van der Waals surface area (Å²) in [6, 6.07) is 0. The molecule has 0 bridgehead atoms. The van der Waals surface area contributed by atoms with E-state index in [4.69, 9.17) is 18.9 Å². The fourth-order valence-corrected chi connectivity index (χ4v) is 8.24. The maximum Gasteiger partial charge on any atom is 0.180 e. The van der Waals surface area contributed by atoms with Crippen LogP contribution in [0, 0.1) is 0 Å². The molecule has 0 spiro atoms. The number of rotatable bonds is 25. The predicted molar refractivity (Wildman–Crippen MR) is 212 cm³/mol. The molecule has 0 atom stereocenters. The lowest BCUT2D eigenvalue weighted by molar-refractivity contribution is 0.172. The highest BCUT2D eigenvalue weighted by molar-refractivity contribution is 7.21. The zero-order valence-corrected chi connectivity index (χ0v) is 33.5. The molecular weight excluding hydrogens is 633 g/mol. The summed E-state index contributed by atoms with van der Waals surface area (Å²) in [7, 11) is 0. The van der Waals surface area contributed by atoms with Crippen molar-refractivity contribution in [2.24, 2.45) is 0 Å². The van der Waals surface area contributed by atoms with Crippen LogP contribution in [-0.4, -0.2) is 26.4 Å². The van der Waals surface area contributed by atoms with E-state index in [-0.39, 0.29) is 0 Å². The van der Waals surface area contributed by atoms with Crippen LogP contribution < -0.4 is 18.9 Å². The lowest BCUT2D eigenvalue weighted by atomic mass is 10.1. The number of unbranched alkanes of at least 4 members (excludes halogenated alkanes) is 24. The zero-order chi connectivity index (χ0) is 34.3. The topological polar surface area (TPSA) is 36.9 Å². The second kappa shape index (κ2) is 30.4. The first kappa shape index (κ1) is 42.8. The Morgan fingerprint density at radius 1 is 0.354 bits per heavy atom.